The van der Waals surface area contributed by atoms with Crippen molar-refractivity contribution in [2.24, 2.45) is 0 Å². The molecule has 0 radical (unpaired) electrons. The molecule has 7 nitrogen and oxygen atoms in total. The Bertz CT molecular complexity index is 1190. The van der Waals surface area contributed by atoms with Crippen LogP contribution in [0.2, 0.25) is 0 Å². The molecule has 2 aromatic carbocycles. The molecule has 4 aromatic rings. The van der Waals surface area contributed by atoms with Crippen LogP contribution < -0.4 is 14.8 Å². The summed E-state index contributed by atoms with van der Waals surface area (Å²) in [6.07, 6.45) is 1.43. The van der Waals surface area contributed by atoms with Crippen LogP contribution in [0.15, 0.2) is 54.7 Å². The molecule has 0 bridgehead atoms. The third kappa shape index (κ3) is 3.57. The molecule has 7 heteroatoms. The normalized spacial score (nSPS) is 10.5. The summed E-state index contributed by atoms with van der Waals surface area (Å²) in [6.45, 7) is 2.01. The number of nitrogens with zero attached hydrogens (tertiary/aromatic N) is 3. The number of rotatable bonds is 5. The van der Waals surface area contributed by atoms with E-state index in [1.165, 1.54) is 6.20 Å². The zero-order valence-electron chi connectivity index (χ0n) is 15.4. The van der Waals surface area contributed by atoms with E-state index in [4.69, 9.17) is 9.47 Å². The predicted octanol–water partition coefficient (Wildman–Crippen LogP) is 4.68. The van der Waals surface area contributed by atoms with Crippen LogP contribution in [-0.2, 0) is 0 Å². The summed E-state index contributed by atoms with van der Waals surface area (Å²) >= 11 is 0. The number of anilines is 2. The van der Waals surface area contributed by atoms with E-state index in [1.807, 2.05) is 37.3 Å². The summed E-state index contributed by atoms with van der Waals surface area (Å²) in [6, 6.07) is 17.3. The first kappa shape index (κ1) is 17.4. The second kappa shape index (κ2) is 7.29. The summed E-state index contributed by atoms with van der Waals surface area (Å²) in [5.74, 6) is 1.58. The van der Waals surface area contributed by atoms with E-state index < -0.39 is 0 Å². The minimum atomic E-state index is 0.133. The molecular formula is C21H17N5O2. The fourth-order valence-corrected chi connectivity index (χ4v) is 2.85. The first-order chi connectivity index (χ1) is 13.6. The number of aryl methyl sites for hydroxylation is 1. The van der Waals surface area contributed by atoms with Crippen molar-refractivity contribution in [3.8, 4) is 23.6 Å². The van der Waals surface area contributed by atoms with Gasteiger partial charge in [-0.3, -0.25) is 0 Å². The number of hydrogen-bond acceptors (Lipinski definition) is 6. The molecule has 0 unspecified atom stereocenters. The van der Waals surface area contributed by atoms with E-state index in [1.54, 1.807) is 19.2 Å². The molecule has 0 aliphatic rings. The smallest absolute Gasteiger partial charge is 0.323 e. The van der Waals surface area contributed by atoms with Crippen molar-refractivity contribution in [2.45, 2.75) is 6.92 Å². The maximum atomic E-state index is 9.39. The van der Waals surface area contributed by atoms with Crippen molar-refractivity contribution in [1.29, 1.82) is 5.26 Å². The molecule has 28 heavy (non-hydrogen) atoms. The highest BCUT2D eigenvalue weighted by Crippen LogP contribution is 2.27. The molecule has 0 atom stereocenters. The maximum Gasteiger partial charge on any atom is 0.323 e. The average Bonchev–Trinajstić information content (AvgIpc) is 3.08. The van der Waals surface area contributed by atoms with Crippen LogP contribution in [0.5, 0.6) is 17.5 Å². The number of H-pyrrole nitrogens is 1. The molecule has 2 heterocycles. The third-order valence-electron chi connectivity index (χ3n) is 4.16. The van der Waals surface area contributed by atoms with Crippen molar-refractivity contribution in [3.05, 3.63) is 66.0 Å². The van der Waals surface area contributed by atoms with Gasteiger partial charge in [-0.15, -0.1) is 0 Å². The van der Waals surface area contributed by atoms with E-state index in [9.17, 15) is 5.26 Å². The molecule has 2 aromatic heterocycles. The summed E-state index contributed by atoms with van der Waals surface area (Å²) in [4.78, 5) is 11.8. The molecule has 4 rings (SSSR count). The average molecular weight is 371 g/mol. The number of nitrogens with one attached hydrogen (secondary N) is 2. The fourth-order valence-electron chi connectivity index (χ4n) is 2.85. The van der Waals surface area contributed by atoms with E-state index in [0.29, 0.717) is 22.9 Å². The van der Waals surface area contributed by atoms with E-state index >= 15 is 0 Å². The van der Waals surface area contributed by atoms with Gasteiger partial charge in [-0.25, -0.2) is 4.98 Å². The predicted molar refractivity (Wildman–Crippen MR) is 106 cm³/mol. The van der Waals surface area contributed by atoms with Gasteiger partial charge in [-0.2, -0.15) is 10.2 Å². The SMILES string of the molecule is COc1cccc(Oc2ncc(C#N)c(Nc3ccc4[nH]c(C)cc4c3)n2)c1. The topological polar surface area (TPSA) is 95.9 Å². The van der Waals surface area contributed by atoms with Crippen LogP contribution in [0.1, 0.15) is 11.3 Å². The first-order valence-electron chi connectivity index (χ1n) is 8.60. The highest BCUT2D eigenvalue weighted by atomic mass is 16.5. The lowest BCUT2D eigenvalue weighted by Gasteiger charge is -2.10. The van der Waals surface area contributed by atoms with Gasteiger partial charge in [-0.1, -0.05) is 6.07 Å². The minimum absolute atomic E-state index is 0.133. The van der Waals surface area contributed by atoms with Crippen LogP contribution in [0.25, 0.3) is 10.9 Å². The molecule has 0 amide bonds. The number of aromatic nitrogens is 3. The van der Waals surface area contributed by atoms with Crippen LogP contribution >= 0.6 is 0 Å². The molecule has 0 aliphatic heterocycles. The maximum absolute atomic E-state index is 9.39. The van der Waals surface area contributed by atoms with E-state index in [2.05, 4.69) is 32.4 Å². The van der Waals surface area contributed by atoms with Gasteiger partial charge < -0.3 is 19.8 Å². The number of aromatic amines is 1. The van der Waals surface area contributed by atoms with Gasteiger partial charge in [0.2, 0.25) is 0 Å². The standard InChI is InChI=1S/C21H17N5O2/c1-13-8-14-9-16(6-7-19(14)24-13)25-20-15(11-22)12-23-21(26-20)28-18-5-3-4-17(10-18)27-2/h3-10,12,24H,1-2H3,(H,23,25,26). The monoisotopic (exact) mass is 371 g/mol. The summed E-state index contributed by atoms with van der Waals surface area (Å²) < 4.78 is 10.9. The lowest BCUT2D eigenvalue weighted by Crippen LogP contribution is -2.01. The number of benzene rings is 2. The lowest BCUT2D eigenvalue weighted by atomic mass is 10.2. The van der Waals surface area contributed by atoms with Crippen molar-refractivity contribution >= 4 is 22.4 Å². The molecule has 0 spiro atoms. The molecule has 0 saturated carbocycles. The summed E-state index contributed by atoms with van der Waals surface area (Å²) in [7, 11) is 1.59. The molecule has 0 saturated heterocycles. The van der Waals surface area contributed by atoms with Crippen LogP contribution in [0.4, 0.5) is 11.5 Å². The van der Waals surface area contributed by atoms with Gasteiger partial charge in [0.05, 0.1) is 13.3 Å². The molecular weight excluding hydrogens is 354 g/mol. The minimum Gasteiger partial charge on any atom is -0.497 e. The largest absolute Gasteiger partial charge is 0.497 e. The Morgan fingerprint density at radius 1 is 1.11 bits per heavy atom. The zero-order valence-corrected chi connectivity index (χ0v) is 15.4. The Hall–Kier alpha value is -4.05. The number of methoxy groups -OCH3 is 1. The molecule has 0 aliphatic carbocycles. The van der Waals surface area contributed by atoms with Crippen LogP contribution in [-0.4, -0.2) is 22.1 Å². The molecule has 0 fully saturated rings. The van der Waals surface area contributed by atoms with Crippen molar-refractivity contribution < 1.29 is 9.47 Å². The number of fused-ring (bicyclic) bond motifs is 1. The Kier molecular flexibility index (Phi) is 4.52. The quantitative estimate of drug-likeness (QED) is 0.529. The fraction of sp³-hybridized carbons (Fsp3) is 0.0952. The first-order valence-corrected chi connectivity index (χ1v) is 8.60. The Morgan fingerprint density at radius 3 is 2.79 bits per heavy atom. The highest BCUT2D eigenvalue weighted by molar-refractivity contribution is 5.85. The van der Waals surface area contributed by atoms with Gasteiger partial charge in [0.1, 0.15) is 23.1 Å². The van der Waals surface area contributed by atoms with Crippen molar-refractivity contribution in [3.63, 3.8) is 0 Å². The highest BCUT2D eigenvalue weighted by Gasteiger charge is 2.10. The Morgan fingerprint density at radius 2 is 1.96 bits per heavy atom. The Balaban J connectivity index is 1.63. The number of nitriles is 1. The number of hydrogen-bond donors (Lipinski definition) is 2. The van der Waals surface area contributed by atoms with Gasteiger partial charge >= 0.3 is 6.01 Å². The van der Waals surface area contributed by atoms with Crippen molar-refractivity contribution in [2.75, 3.05) is 12.4 Å². The second-order valence-corrected chi connectivity index (χ2v) is 6.19. The Labute approximate surface area is 161 Å². The zero-order chi connectivity index (χ0) is 19.5. The van der Waals surface area contributed by atoms with Crippen LogP contribution in [0.3, 0.4) is 0 Å². The van der Waals surface area contributed by atoms with Crippen LogP contribution in [0, 0.1) is 18.3 Å². The van der Waals surface area contributed by atoms with Crippen molar-refractivity contribution in [1.82, 2.24) is 15.0 Å². The summed E-state index contributed by atoms with van der Waals surface area (Å²) in [5.41, 5.74) is 3.27. The summed E-state index contributed by atoms with van der Waals surface area (Å²) in [5, 5.41) is 13.6. The van der Waals surface area contributed by atoms with Gasteiger partial charge in [0.25, 0.3) is 0 Å². The van der Waals surface area contributed by atoms with E-state index in [0.717, 1.165) is 22.3 Å². The van der Waals surface area contributed by atoms with Gasteiger partial charge in [-0.05, 0) is 43.3 Å². The molecule has 2 N–H and O–H groups in total. The third-order valence-corrected chi connectivity index (χ3v) is 4.16. The van der Waals surface area contributed by atoms with Gasteiger partial charge in [0, 0.05) is 28.4 Å². The van der Waals surface area contributed by atoms with Gasteiger partial charge in [0.15, 0.2) is 5.82 Å². The number of ether oxygens (including phenoxy) is 2. The molecule has 138 valence electrons. The lowest BCUT2D eigenvalue weighted by molar-refractivity contribution is 0.404. The second-order valence-electron chi connectivity index (χ2n) is 6.19. The van der Waals surface area contributed by atoms with E-state index in [-0.39, 0.29) is 6.01 Å².